The maximum atomic E-state index is 12.1. The molecule has 0 fully saturated rings. The first-order valence-electron chi connectivity index (χ1n) is 6.92. The molecule has 0 bridgehead atoms. The smallest absolute Gasteiger partial charge is 0.226 e. The largest absolute Gasteiger partial charge is 0.492 e. The van der Waals surface area contributed by atoms with Crippen molar-refractivity contribution >= 4 is 11.6 Å². The summed E-state index contributed by atoms with van der Waals surface area (Å²) < 4.78 is 5.58. The maximum Gasteiger partial charge on any atom is 0.226 e. The molecule has 0 heterocycles. The van der Waals surface area contributed by atoms with Crippen LogP contribution >= 0.6 is 0 Å². The molecule has 2 N–H and O–H groups in total. The lowest BCUT2D eigenvalue weighted by atomic mass is 10.1. The highest BCUT2D eigenvalue weighted by molar-refractivity contribution is 5.80. The number of benzene rings is 2. The van der Waals surface area contributed by atoms with E-state index in [2.05, 4.69) is 0 Å². The van der Waals surface area contributed by atoms with Crippen LogP contribution in [0.3, 0.4) is 0 Å². The van der Waals surface area contributed by atoms with Gasteiger partial charge >= 0.3 is 0 Å². The van der Waals surface area contributed by atoms with E-state index in [1.165, 1.54) is 0 Å². The lowest BCUT2D eigenvalue weighted by Crippen LogP contribution is -2.32. The predicted octanol–water partition coefficient (Wildman–Crippen LogP) is 2.35. The maximum absolute atomic E-state index is 12.1. The minimum atomic E-state index is 0.0320. The van der Waals surface area contributed by atoms with Crippen LogP contribution in [0.4, 0.5) is 5.69 Å². The van der Waals surface area contributed by atoms with E-state index < -0.39 is 0 Å². The minimum absolute atomic E-state index is 0.0320. The third-order valence-electron chi connectivity index (χ3n) is 3.26. The summed E-state index contributed by atoms with van der Waals surface area (Å²) in [5, 5.41) is 0. The number of likely N-dealkylation sites (N-methyl/N-ethyl adjacent to an activating group) is 1. The molecular formula is C17H20N2O2. The standard InChI is InChI=1S/C17H20N2O2/c1-19(11-12-21-15-8-3-2-4-9-15)17(20)13-14-7-5-6-10-16(14)18/h2-10H,11-13,18H2,1H3. The van der Waals surface area contributed by atoms with Gasteiger partial charge in [0.2, 0.25) is 5.91 Å². The Hall–Kier alpha value is -2.49. The summed E-state index contributed by atoms with van der Waals surface area (Å²) in [5.41, 5.74) is 7.36. The molecule has 0 saturated carbocycles. The zero-order chi connectivity index (χ0) is 15.1. The number of nitrogen functional groups attached to an aromatic ring is 1. The number of rotatable bonds is 6. The number of ether oxygens (including phenoxy) is 1. The first-order valence-corrected chi connectivity index (χ1v) is 6.92. The molecular weight excluding hydrogens is 264 g/mol. The van der Waals surface area contributed by atoms with Gasteiger partial charge in [-0.05, 0) is 23.8 Å². The third-order valence-corrected chi connectivity index (χ3v) is 3.26. The van der Waals surface area contributed by atoms with E-state index in [1.807, 2.05) is 48.5 Å². The van der Waals surface area contributed by atoms with Crippen molar-refractivity contribution in [2.45, 2.75) is 6.42 Å². The molecule has 0 aliphatic carbocycles. The second kappa shape index (κ2) is 7.33. The SMILES string of the molecule is CN(CCOc1ccccc1)C(=O)Cc1ccccc1N. The predicted molar refractivity (Wildman–Crippen MR) is 84.1 cm³/mol. The van der Waals surface area contributed by atoms with Gasteiger partial charge in [0.25, 0.3) is 0 Å². The summed E-state index contributed by atoms with van der Waals surface area (Å²) in [6.07, 6.45) is 0.314. The summed E-state index contributed by atoms with van der Waals surface area (Å²) in [5.74, 6) is 0.843. The highest BCUT2D eigenvalue weighted by Crippen LogP contribution is 2.12. The first kappa shape index (κ1) is 14.9. The Morgan fingerprint density at radius 3 is 2.48 bits per heavy atom. The lowest BCUT2D eigenvalue weighted by molar-refractivity contribution is -0.129. The van der Waals surface area contributed by atoms with Crippen LogP contribution in [-0.2, 0) is 11.2 Å². The third kappa shape index (κ3) is 4.53. The van der Waals surface area contributed by atoms with Crippen molar-refractivity contribution in [3.05, 3.63) is 60.2 Å². The number of amides is 1. The van der Waals surface area contributed by atoms with Gasteiger partial charge in [0, 0.05) is 12.7 Å². The zero-order valence-electron chi connectivity index (χ0n) is 12.2. The molecule has 0 atom stereocenters. The van der Waals surface area contributed by atoms with E-state index in [0.29, 0.717) is 25.3 Å². The zero-order valence-corrected chi connectivity index (χ0v) is 12.2. The minimum Gasteiger partial charge on any atom is -0.492 e. The number of anilines is 1. The fraction of sp³-hybridized carbons (Fsp3) is 0.235. The number of para-hydroxylation sites is 2. The molecule has 0 aliphatic heterocycles. The Bertz CT molecular complexity index is 584. The fourth-order valence-electron chi connectivity index (χ4n) is 1.93. The van der Waals surface area contributed by atoms with Crippen molar-refractivity contribution in [1.82, 2.24) is 4.90 Å². The molecule has 0 saturated heterocycles. The van der Waals surface area contributed by atoms with Gasteiger partial charge in [-0.1, -0.05) is 36.4 Å². The number of hydrogen-bond donors (Lipinski definition) is 1. The Kier molecular flexibility index (Phi) is 5.21. The van der Waals surface area contributed by atoms with E-state index in [9.17, 15) is 4.79 Å². The first-order chi connectivity index (χ1) is 10.2. The second-order valence-corrected chi connectivity index (χ2v) is 4.85. The van der Waals surface area contributed by atoms with Crippen LogP contribution in [0, 0.1) is 0 Å². The highest BCUT2D eigenvalue weighted by Gasteiger charge is 2.11. The molecule has 2 rings (SSSR count). The number of nitrogens with two attached hydrogens (primary N) is 1. The molecule has 1 amide bonds. The Morgan fingerprint density at radius 1 is 1.10 bits per heavy atom. The molecule has 4 heteroatoms. The van der Waals surface area contributed by atoms with Gasteiger partial charge in [-0.3, -0.25) is 4.79 Å². The normalized spacial score (nSPS) is 10.1. The Labute approximate surface area is 125 Å². The second-order valence-electron chi connectivity index (χ2n) is 4.85. The van der Waals surface area contributed by atoms with E-state index in [-0.39, 0.29) is 5.91 Å². The molecule has 0 unspecified atom stereocenters. The van der Waals surface area contributed by atoms with Crippen LogP contribution < -0.4 is 10.5 Å². The van der Waals surface area contributed by atoms with Crippen molar-refractivity contribution in [2.75, 3.05) is 25.9 Å². The van der Waals surface area contributed by atoms with Gasteiger partial charge in [0.15, 0.2) is 0 Å². The monoisotopic (exact) mass is 284 g/mol. The molecule has 0 spiro atoms. The van der Waals surface area contributed by atoms with Crippen LogP contribution in [-0.4, -0.2) is 31.0 Å². The van der Waals surface area contributed by atoms with Crippen molar-refractivity contribution in [3.63, 3.8) is 0 Å². The highest BCUT2D eigenvalue weighted by atomic mass is 16.5. The summed E-state index contributed by atoms with van der Waals surface area (Å²) in [7, 11) is 1.77. The van der Waals surface area contributed by atoms with Crippen molar-refractivity contribution in [2.24, 2.45) is 0 Å². The van der Waals surface area contributed by atoms with E-state index in [4.69, 9.17) is 10.5 Å². The van der Waals surface area contributed by atoms with Crippen LogP contribution in [0.25, 0.3) is 0 Å². The average molecular weight is 284 g/mol. The van der Waals surface area contributed by atoms with Crippen molar-refractivity contribution in [3.8, 4) is 5.75 Å². The van der Waals surface area contributed by atoms with Crippen molar-refractivity contribution < 1.29 is 9.53 Å². The van der Waals surface area contributed by atoms with Gasteiger partial charge in [0.1, 0.15) is 12.4 Å². The summed E-state index contributed by atoms with van der Waals surface area (Å²) in [6, 6.07) is 17.0. The van der Waals surface area contributed by atoms with Gasteiger partial charge in [-0.2, -0.15) is 0 Å². The van der Waals surface area contributed by atoms with Crippen molar-refractivity contribution in [1.29, 1.82) is 0 Å². The molecule has 2 aromatic rings. The molecule has 2 aromatic carbocycles. The number of carbonyl (C=O) groups excluding carboxylic acids is 1. The van der Waals surface area contributed by atoms with E-state index in [1.54, 1.807) is 18.0 Å². The van der Waals surface area contributed by atoms with Gasteiger partial charge in [-0.15, -0.1) is 0 Å². The van der Waals surface area contributed by atoms with Crippen LogP contribution in [0.5, 0.6) is 5.75 Å². The number of nitrogens with zero attached hydrogens (tertiary/aromatic N) is 1. The number of hydrogen-bond acceptors (Lipinski definition) is 3. The van der Waals surface area contributed by atoms with Crippen LogP contribution in [0.15, 0.2) is 54.6 Å². The molecule has 4 nitrogen and oxygen atoms in total. The molecule has 0 aromatic heterocycles. The summed E-state index contributed by atoms with van der Waals surface area (Å²) >= 11 is 0. The molecule has 110 valence electrons. The van der Waals surface area contributed by atoms with E-state index >= 15 is 0 Å². The van der Waals surface area contributed by atoms with Gasteiger partial charge in [0.05, 0.1) is 13.0 Å². The summed E-state index contributed by atoms with van der Waals surface area (Å²) in [4.78, 5) is 13.8. The van der Waals surface area contributed by atoms with E-state index in [0.717, 1.165) is 11.3 Å². The lowest BCUT2D eigenvalue weighted by Gasteiger charge is -2.18. The van der Waals surface area contributed by atoms with Gasteiger partial charge < -0.3 is 15.4 Å². The molecule has 21 heavy (non-hydrogen) atoms. The number of carbonyl (C=O) groups is 1. The Morgan fingerprint density at radius 2 is 1.76 bits per heavy atom. The van der Waals surface area contributed by atoms with Crippen LogP contribution in [0.2, 0.25) is 0 Å². The Balaban J connectivity index is 1.79. The molecule has 0 aliphatic rings. The van der Waals surface area contributed by atoms with Gasteiger partial charge in [-0.25, -0.2) is 0 Å². The quantitative estimate of drug-likeness (QED) is 0.828. The average Bonchev–Trinajstić information content (AvgIpc) is 2.50. The van der Waals surface area contributed by atoms with Crippen LogP contribution in [0.1, 0.15) is 5.56 Å². The molecule has 0 radical (unpaired) electrons. The summed E-state index contributed by atoms with van der Waals surface area (Å²) in [6.45, 7) is 1.01. The fourth-order valence-corrected chi connectivity index (χ4v) is 1.93. The topological polar surface area (TPSA) is 55.6 Å².